The molecule has 0 fully saturated rings. The number of rotatable bonds is 6. The van der Waals surface area contributed by atoms with Gasteiger partial charge < -0.3 is 4.57 Å². The van der Waals surface area contributed by atoms with Gasteiger partial charge in [-0.1, -0.05) is 6.42 Å². The van der Waals surface area contributed by atoms with Gasteiger partial charge in [0.05, 0.1) is 15.6 Å². The molecule has 1 rings (SSSR count). The van der Waals surface area contributed by atoms with Crippen molar-refractivity contribution in [2.75, 3.05) is 5.75 Å². The largest absolute Gasteiger partial charge is 0.308 e. The number of unbranched alkanes of at least 4 members (excludes halogenated alkanes) is 2. The number of nitro groups is 1. The second-order valence-corrected chi connectivity index (χ2v) is 5.23. The van der Waals surface area contributed by atoms with Gasteiger partial charge in [-0.2, -0.15) is 12.6 Å². The van der Waals surface area contributed by atoms with E-state index in [9.17, 15) is 14.9 Å². The van der Waals surface area contributed by atoms with Gasteiger partial charge in [0, 0.05) is 12.1 Å². The first-order valence-corrected chi connectivity index (χ1v) is 7.06. The van der Waals surface area contributed by atoms with Crippen LogP contribution in [0.25, 0.3) is 0 Å². The molecule has 0 N–H and O–H groups in total. The van der Waals surface area contributed by atoms with Crippen molar-refractivity contribution in [1.29, 1.82) is 0 Å². The Balaban J connectivity index is 2.98. The Morgan fingerprint density at radius 2 is 2.11 bits per heavy atom. The smallest absolute Gasteiger partial charge is 0.289 e. The van der Waals surface area contributed by atoms with Gasteiger partial charge in [0.25, 0.3) is 11.2 Å². The molecule has 5 nitrogen and oxygen atoms in total. The topological polar surface area (TPSA) is 65.1 Å². The summed E-state index contributed by atoms with van der Waals surface area (Å²) in [6.45, 7) is 2.06. The van der Waals surface area contributed by atoms with E-state index >= 15 is 0 Å². The molecule has 18 heavy (non-hydrogen) atoms. The van der Waals surface area contributed by atoms with E-state index in [1.165, 1.54) is 10.8 Å². The monoisotopic (exact) mass is 334 g/mol. The van der Waals surface area contributed by atoms with Crippen molar-refractivity contribution in [2.24, 2.45) is 0 Å². The SMILES string of the molecule is Cc1c([N+](=O)[O-])cn(CCCCCS)c(=O)c1Br. The molecule has 0 aromatic carbocycles. The third-order valence-electron chi connectivity index (χ3n) is 2.69. The minimum atomic E-state index is -0.468. The predicted molar refractivity (Wildman–Crippen MR) is 77.5 cm³/mol. The van der Waals surface area contributed by atoms with Crippen molar-refractivity contribution in [2.45, 2.75) is 32.7 Å². The molecule has 0 radical (unpaired) electrons. The zero-order valence-corrected chi connectivity index (χ0v) is 12.5. The van der Waals surface area contributed by atoms with E-state index in [4.69, 9.17) is 0 Å². The first kappa shape index (κ1) is 15.2. The number of aryl methyl sites for hydroxylation is 1. The van der Waals surface area contributed by atoms with Crippen molar-refractivity contribution in [3.63, 3.8) is 0 Å². The summed E-state index contributed by atoms with van der Waals surface area (Å²) in [7, 11) is 0. The third-order valence-corrected chi connectivity index (χ3v) is 3.94. The van der Waals surface area contributed by atoms with Crippen LogP contribution in [0, 0.1) is 17.0 Å². The fourth-order valence-electron chi connectivity index (χ4n) is 1.62. The summed E-state index contributed by atoms with van der Waals surface area (Å²) in [5.74, 6) is 0.812. The Kier molecular flexibility index (Phi) is 5.87. The van der Waals surface area contributed by atoms with Crippen molar-refractivity contribution >= 4 is 34.2 Å². The fraction of sp³-hybridized carbons (Fsp3) is 0.545. The normalized spacial score (nSPS) is 10.6. The molecule has 100 valence electrons. The van der Waals surface area contributed by atoms with Gasteiger partial charge >= 0.3 is 0 Å². The van der Waals surface area contributed by atoms with Crippen LogP contribution in [-0.4, -0.2) is 15.2 Å². The average molecular weight is 335 g/mol. The van der Waals surface area contributed by atoms with E-state index in [0.717, 1.165) is 25.0 Å². The van der Waals surface area contributed by atoms with Crippen LogP contribution in [0.4, 0.5) is 5.69 Å². The summed E-state index contributed by atoms with van der Waals surface area (Å²) >= 11 is 7.23. The molecule has 1 heterocycles. The second kappa shape index (κ2) is 6.94. The first-order chi connectivity index (χ1) is 8.49. The molecular formula is C11H15BrN2O3S. The highest BCUT2D eigenvalue weighted by Crippen LogP contribution is 2.22. The minimum absolute atomic E-state index is 0.0318. The zero-order chi connectivity index (χ0) is 13.7. The Bertz CT molecular complexity index is 502. The predicted octanol–water partition coefficient (Wildman–Crippen LogP) is 2.93. The minimum Gasteiger partial charge on any atom is -0.308 e. The highest BCUT2D eigenvalue weighted by atomic mass is 79.9. The lowest BCUT2D eigenvalue weighted by atomic mass is 10.2. The Hall–Kier alpha value is -0.820. The van der Waals surface area contributed by atoms with Crippen molar-refractivity contribution in [3.05, 3.63) is 36.7 Å². The van der Waals surface area contributed by atoms with Crippen LogP contribution in [0.1, 0.15) is 24.8 Å². The lowest BCUT2D eigenvalue weighted by Crippen LogP contribution is -2.22. The summed E-state index contributed by atoms with van der Waals surface area (Å²) < 4.78 is 1.67. The van der Waals surface area contributed by atoms with E-state index < -0.39 is 4.92 Å². The van der Waals surface area contributed by atoms with E-state index in [1.807, 2.05) is 0 Å². The van der Waals surface area contributed by atoms with Crippen molar-refractivity contribution in [3.8, 4) is 0 Å². The molecule has 7 heteroatoms. The van der Waals surface area contributed by atoms with Gasteiger partial charge in [-0.15, -0.1) is 0 Å². The molecule has 0 aliphatic rings. The van der Waals surface area contributed by atoms with Crippen molar-refractivity contribution < 1.29 is 4.92 Å². The number of nitrogens with zero attached hydrogens (tertiary/aromatic N) is 2. The number of pyridine rings is 1. The van der Waals surface area contributed by atoms with Crippen LogP contribution >= 0.6 is 28.6 Å². The molecule has 1 aromatic heterocycles. The van der Waals surface area contributed by atoms with E-state index in [0.29, 0.717) is 12.1 Å². The molecule has 0 bridgehead atoms. The second-order valence-electron chi connectivity index (χ2n) is 3.99. The van der Waals surface area contributed by atoms with Crippen LogP contribution in [0.5, 0.6) is 0 Å². The van der Waals surface area contributed by atoms with Crippen LogP contribution in [-0.2, 0) is 6.54 Å². The third kappa shape index (κ3) is 3.58. The summed E-state index contributed by atoms with van der Waals surface area (Å²) in [4.78, 5) is 22.3. The molecular weight excluding hydrogens is 320 g/mol. The number of halogens is 1. The molecule has 1 aromatic rings. The van der Waals surface area contributed by atoms with Crippen molar-refractivity contribution in [1.82, 2.24) is 4.57 Å². The number of hydrogen-bond acceptors (Lipinski definition) is 4. The van der Waals surface area contributed by atoms with Crippen LogP contribution in [0.2, 0.25) is 0 Å². The Labute approximate surface area is 119 Å². The highest BCUT2D eigenvalue weighted by molar-refractivity contribution is 9.10. The van der Waals surface area contributed by atoms with Gasteiger partial charge in [-0.25, -0.2) is 0 Å². The molecule has 0 spiro atoms. The lowest BCUT2D eigenvalue weighted by molar-refractivity contribution is -0.386. The summed E-state index contributed by atoms with van der Waals surface area (Å²) in [6, 6.07) is 0. The molecule has 0 unspecified atom stereocenters. The van der Waals surface area contributed by atoms with E-state index in [-0.39, 0.29) is 15.7 Å². The molecule has 0 aliphatic carbocycles. The maximum atomic E-state index is 11.9. The lowest BCUT2D eigenvalue weighted by Gasteiger charge is -2.08. The number of hydrogen-bond donors (Lipinski definition) is 1. The van der Waals surface area contributed by atoms with Gasteiger partial charge in [-0.3, -0.25) is 14.9 Å². The maximum Gasteiger partial charge on any atom is 0.289 e. The first-order valence-electron chi connectivity index (χ1n) is 5.63. The fourth-order valence-corrected chi connectivity index (χ4v) is 2.28. The molecule has 0 atom stereocenters. The summed E-state index contributed by atoms with van der Waals surface area (Å²) in [5.41, 5.74) is 0.122. The highest BCUT2D eigenvalue weighted by Gasteiger charge is 2.18. The van der Waals surface area contributed by atoms with Gasteiger partial charge in [-0.05, 0) is 41.4 Å². The zero-order valence-electron chi connectivity index (χ0n) is 10.1. The average Bonchev–Trinajstić information content (AvgIpc) is 2.33. The molecule has 0 amide bonds. The van der Waals surface area contributed by atoms with Gasteiger partial charge in [0.1, 0.15) is 0 Å². The summed E-state index contributed by atoms with van der Waals surface area (Å²) in [6.07, 6.45) is 4.07. The van der Waals surface area contributed by atoms with Gasteiger partial charge in [0.15, 0.2) is 0 Å². The Morgan fingerprint density at radius 1 is 1.44 bits per heavy atom. The van der Waals surface area contributed by atoms with E-state index in [2.05, 4.69) is 28.6 Å². The van der Waals surface area contributed by atoms with Gasteiger partial charge in [0.2, 0.25) is 0 Å². The Morgan fingerprint density at radius 3 is 2.67 bits per heavy atom. The quantitative estimate of drug-likeness (QED) is 0.376. The van der Waals surface area contributed by atoms with E-state index in [1.54, 1.807) is 6.92 Å². The molecule has 0 aliphatic heterocycles. The standard InChI is InChI=1S/C11H15BrN2O3S/c1-8-9(14(16)17)7-13(11(15)10(8)12)5-3-2-4-6-18/h7,18H,2-6H2,1H3. The van der Waals surface area contributed by atoms with Crippen LogP contribution in [0.15, 0.2) is 15.5 Å². The summed E-state index contributed by atoms with van der Waals surface area (Å²) in [5, 5.41) is 10.9. The number of thiol groups is 1. The number of aromatic nitrogens is 1. The van der Waals surface area contributed by atoms with Crippen LogP contribution < -0.4 is 5.56 Å². The molecule has 0 saturated heterocycles. The maximum absolute atomic E-state index is 11.9. The molecule has 0 saturated carbocycles. The van der Waals surface area contributed by atoms with Crippen LogP contribution in [0.3, 0.4) is 0 Å².